The van der Waals surface area contributed by atoms with E-state index in [2.05, 4.69) is 5.32 Å². The molecule has 1 aromatic rings. The van der Waals surface area contributed by atoms with Crippen LogP contribution in [0.15, 0.2) is 18.2 Å². The lowest BCUT2D eigenvalue weighted by atomic mass is 10.0. The SMILES string of the molecule is CCCCCOC(=O)Oc1ccc(C[C@](NC(C)C)(OC(=O)OC(C)(C)C)C(=O)O)cc1OC(=O)OCCCCC. The van der Waals surface area contributed by atoms with Gasteiger partial charge in [-0.25, -0.2) is 19.2 Å². The monoisotopic (exact) mass is 583 g/mol. The number of unbranched alkanes of at least 4 members (excludes halogenated alkanes) is 4. The third kappa shape index (κ3) is 14.1. The fourth-order valence-electron chi connectivity index (χ4n) is 3.54. The molecule has 0 unspecified atom stereocenters. The van der Waals surface area contributed by atoms with Crippen LogP contribution < -0.4 is 14.8 Å². The fraction of sp³-hybridized carbons (Fsp3) is 0.655. The van der Waals surface area contributed by atoms with Crippen LogP contribution in [0.1, 0.15) is 92.6 Å². The predicted octanol–water partition coefficient (Wildman–Crippen LogP) is 6.37. The lowest BCUT2D eigenvalue weighted by molar-refractivity contribution is -0.169. The number of ether oxygens (including phenoxy) is 6. The maximum Gasteiger partial charge on any atom is 0.513 e. The average molecular weight is 584 g/mol. The first-order valence-corrected chi connectivity index (χ1v) is 14.0. The molecule has 0 aliphatic rings. The molecule has 1 aromatic carbocycles. The summed E-state index contributed by atoms with van der Waals surface area (Å²) in [6, 6.07) is 3.63. The molecule has 0 fully saturated rings. The molecule has 41 heavy (non-hydrogen) atoms. The van der Waals surface area contributed by atoms with Crippen LogP contribution in [-0.2, 0) is 30.2 Å². The summed E-state index contributed by atoms with van der Waals surface area (Å²) in [6.07, 6.45) is 1.30. The number of benzene rings is 1. The zero-order valence-corrected chi connectivity index (χ0v) is 25.2. The van der Waals surface area contributed by atoms with Gasteiger partial charge in [-0.15, -0.1) is 0 Å². The minimum Gasteiger partial charge on any atom is -0.477 e. The first-order chi connectivity index (χ1) is 19.2. The number of carbonyl (C=O) groups is 4. The molecule has 1 atom stereocenters. The van der Waals surface area contributed by atoms with Crippen LogP contribution in [0.5, 0.6) is 11.5 Å². The summed E-state index contributed by atoms with van der Waals surface area (Å²) < 4.78 is 31.3. The summed E-state index contributed by atoms with van der Waals surface area (Å²) in [5, 5.41) is 12.9. The fourth-order valence-corrected chi connectivity index (χ4v) is 3.54. The molecular weight excluding hydrogens is 538 g/mol. The van der Waals surface area contributed by atoms with Gasteiger partial charge >= 0.3 is 24.4 Å². The summed E-state index contributed by atoms with van der Waals surface area (Å²) in [5.41, 5.74) is -2.90. The zero-order chi connectivity index (χ0) is 31.1. The maximum absolute atomic E-state index is 12.5. The Balaban J connectivity index is 3.31. The minimum absolute atomic E-state index is 0.131. The van der Waals surface area contributed by atoms with E-state index in [1.54, 1.807) is 34.6 Å². The Morgan fingerprint density at radius 2 is 1.34 bits per heavy atom. The molecule has 232 valence electrons. The number of carboxylic acid groups (broad SMARTS) is 1. The van der Waals surface area contributed by atoms with Gasteiger partial charge in [-0.05, 0) is 65.2 Å². The Labute approximate surface area is 241 Å². The van der Waals surface area contributed by atoms with E-state index >= 15 is 0 Å². The molecule has 12 heteroatoms. The van der Waals surface area contributed by atoms with Gasteiger partial charge in [0.05, 0.1) is 13.2 Å². The van der Waals surface area contributed by atoms with Gasteiger partial charge < -0.3 is 33.5 Å². The molecule has 0 saturated heterocycles. The van der Waals surface area contributed by atoms with Crippen molar-refractivity contribution in [1.29, 1.82) is 0 Å². The molecule has 0 saturated carbocycles. The number of carbonyl (C=O) groups excluding carboxylic acids is 3. The van der Waals surface area contributed by atoms with Crippen LogP contribution in [0.3, 0.4) is 0 Å². The number of aliphatic carboxylic acids is 1. The van der Waals surface area contributed by atoms with Gasteiger partial charge in [0, 0.05) is 12.5 Å². The largest absolute Gasteiger partial charge is 0.513 e. The van der Waals surface area contributed by atoms with Crippen LogP contribution in [0.25, 0.3) is 0 Å². The van der Waals surface area contributed by atoms with Crippen molar-refractivity contribution in [2.75, 3.05) is 13.2 Å². The van der Waals surface area contributed by atoms with Crippen molar-refractivity contribution in [2.24, 2.45) is 0 Å². The minimum atomic E-state index is -2.24. The standard InChI is InChI=1S/C29H45NO11/c1-8-10-12-16-36-25(33)38-22-15-14-21(18-23(22)39-26(34)37-17-13-11-9-2)19-29(24(31)32,30-20(3)4)41-27(35)40-28(5,6)7/h14-15,18,20,30H,8-13,16-17,19H2,1-7H3,(H,31,32)/t29-/m0/s1. The van der Waals surface area contributed by atoms with E-state index in [-0.39, 0.29) is 30.3 Å². The molecule has 0 aromatic heterocycles. The lowest BCUT2D eigenvalue weighted by Gasteiger charge is -2.33. The Hall–Kier alpha value is -3.54. The molecule has 0 aliphatic heterocycles. The average Bonchev–Trinajstić information content (AvgIpc) is 2.84. The molecule has 2 N–H and O–H groups in total. The second-order valence-corrected chi connectivity index (χ2v) is 10.8. The highest BCUT2D eigenvalue weighted by molar-refractivity contribution is 5.80. The molecule has 1 rings (SSSR count). The Kier molecular flexibility index (Phi) is 15.0. The number of rotatable bonds is 16. The van der Waals surface area contributed by atoms with Crippen LogP contribution in [0.2, 0.25) is 0 Å². The van der Waals surface area contributed by atoms with Gasteiger partial charge in [0.15, 0.2) is 11.5 Å². The van der Waals surface area contributed by atoms with Gasteiger partial charge in [0.25, 0.3) is 5.72 Å². The van der Waals surface area contributed by atoms with E-state index in [1.807, 2.05) is 13.8 Å². The van der Waals surface area contributed by atoms with Crippen molar-refractivity contribution in [3.8, 4) is 11.5 Å². The van der Waals surface area contributed by atoms with E-state index in [4.69, 9.17) is 28.4 Å². The number of nitrogens with one attached hydrogen (secondary N) is 1. The van der Waals surface area contributed by atoms with E-state index < -0.39 is 48.2 Å². The molecule has 0 bridgehead atoms. The van der Waals surface area contributed by atoms with Crippen molar-refractivity contribution >= 4 is 24.4 Å². The summed E-state index contributed by atoms with van der Waals surface area (Å²) in [7, 11) is 0. The molecule has 0 aliphatic carbocycles. The first-order valence-electron chi connectivity index (χ1n) is 14.0. The van der Waals surface area contributed by atoms with Crippen LogP contribution in [-0.4, -0.2) is 60.1 Å². The van der Waals surface area contributed by atoms with Crippen molar-refractivity contribution in [2.45, 2.75) is 111 Å². The second-order valence-electron chi connectivity index (χ2n) is 10.8. The van der Waals surface area contributed by atoms with E-state index in [0.29, 0.717) is 12.8 Å². The summed E-state index contributed by atoms with van der Waals surface area (Å²) in [4.78, 5) is 49.6. The molecular formula is C29H45NO11. The van der Waals surface area contributed by atoms with E-state index in [0.717, 1.165) is 25.7 Å². The molecule has 0 amide bonds. The lowest BCUT2D eigenvalue weighted by Crippen LogP contribution is -2.59. The summed E-state index contributed by atoms with van der Waals surface area (Å²) in [5.74, 6) is -1.84. The Morgan fingerprint density at radius 1 is 0.805 bits per heavy atom. The quantitative estimate of drug-likeness (QED) is 0.0730. The molecule has 0 heterocycles. The van der Waals surface area contributed by atoms with Gasteiger partial charge in [-0.1, -0.05) is 45.6 Å². The first kappa shape index (κ1) is 35.5. The van der Waals surface area contributed by atoms with Crippen molar-refractivity contribution < 1.29 is 52.7 Å². The third-order valence-corrected chi connectivity index (χ3v) is 5.30. The Bertz CT molecular complexity index is 1000. The third-order valence-electron chi connectivity index (χ3n) is 5.30. The Morgan fingerprint density at radius 3 is 1.80 bits per heavy atom. The number of carboxylic acids is 1. The van der Waals surface area contributed by atoms with Crippen LogP contribution >= 0.6 is 0 Å². The summed E-state index contributed by atoms with van der Waals surface area (Å²) in [6.45, 7) is 12.5. The van der Waals surface area contributed by atoms with Gasteiger partial charge in [0.1, 0.15) is 5.60 Å². The van der Waals surface area contributed by atoms with Crippen molar-refractivity contribution in [3.05, 3.63) is 23.8 Å². The predicted molar refractivity (Wildman–Crippen MR) is 149 cm³/mol. The smallest absolute Gasteiger partial charge is 0.477 e. The van der Waals surface area contributed by atoms with Crippen molar-refractivity contribution in [1.82, 2.24) is 5.32 Å². The van der Waals surface area contributed by atoms with Crippen LogP contribution in [0.4, 0.5) is 14.4 Å². The topological polar surface area (TPSA) is 156 Å². The van der Waals surface area contributed by atoms with E-state index in [1.165, 1.54) is 18.2 Å². The number of hydrogen-bond donors (Lipinski definition) is 2. The molecule has 12 nitrogen and oxygen atoms in total. The normalized spacial score (nSPS) is 12.7. The molecule has 0 radical (unpaired) electrons. The highest BCUT2D eigenvalue weighted by Crippen LogP contribution is 2.31. The highest BCUT2D eigenvalue weighted by Gasteiger charge is 2.45. The highest BCUT2D eigenvalue weighted by atomic mass is 16.8. The maximum atomic E-state index is 12.5. The zero-order valence-electron chi connectivity index (χ0n) is 25.2. The van der Waals surface area contributed by atoms with Gasteiger partial charge in [-0.3, -0.25) is 5.32 Å². The summed E-state index contributed by atoms with van der Waals surface area (Å²) >= 11 is 0. The van der Waals surface area contributed by atoms with Gasteiger partial charge in [-0.2, -0.15) is 0 Å². The molecule has 0 spiro atoms. The van der Waals surface area contributed by atoms with E-state index in [9.17, 15) is 24.3 Å². The second kappa shape index (κ2) is 17.3. The van der Waals surface area contributed by atoms with Crippen LogP contribution in [0, 0.1) is 0 Å². The number of hydrogen-bond acceptors (Lipinski definition) is 11. The van der Waals surface area contributed by atoms with Crippen molar-refractivity contribution in [3.63, 3.8) is 0 Å². The van der Waals surface area contributed by atoms with Gasteiger partial charge in [0.2, 0.25) is 0 Å².